The maximum atomic E-state index is 12.4. The summed E-state index contributed by atoms with van der Waals surface area (Å²) in [4.78, 5) is 14.6. The Labute approximate surface area is 88.8 Å². The van der Waals surface area contributed by atoms with Gasteiger partial charge in [-0.1, -0.05) is 0 Å². The highest BCUT2D eigenvalue weighted by Gasteiger charge is 2.20. The molecule has 0 saturated carbocycles. The topological polar surface area (TPSA) is 30.0 Å². The molecule has 0 unspecified atom stereocenters. The molecule has 2 nitrogen and oxygen atoms in total. The molecule has 0 N–H and O–H groups in total. The monoisotopic (exact) mass is 239 g/mol. The first-order valence-corrected chi connectivity index (χ1v) is 4.51. The van der Waals surface area contributed by atoms with Gasteiger partial charge in [-0.2, -0.15) is 0 Å². The summed E-state index contributed by atoms with van der Waals surface area (Å²) < 4.78 is 24.8. The van der Waals surface area contributed by atoms with Crippen LogP contribution in [0.15, 0.2) is 12.3 Å². The number of aromatic nitrogens is 1. The van der Waals surface area contributed by atoms with E-state index in [-0.39, 0.29) is 17.1 Å². The van der Waals surface area contributed by atoms with Crippen molar-refractivity contribution in [3.63, 3.8) is 0 Å². The van der Waals surface area contributed by atoms with Crippen LogP contribution in [0.3, 0.4) is 0 Å². The summed E-state index contributed by atoms with van der Waals surface area (Å²) in [5.74, 6) is -0.131. The van der Waals surface area contributed by atoms with Gasteiger partial charge in [-0.05, 0) is 17.7 Å². The Balaban J connectivity index is 3.35. The third-order valence-electron chi connectivity index (χ3n) is 1.62. The largest absolute Gasteiger partial charge is 0.276 e. The highest BCUT2D eigenvalue weighted by molar-refractivity contribution is 6.68. The average Bonchev–Trinajstić information content (AvgIpc) is 2.16. The van der Waals surface area contributed by atoms with Gasteiger partial charge in [0.15, 0.2) is 0 Å². The minimum Gasteiger partial charge on any atom is -0.276 e. The Hall–Kier alpha value is -0.740. The van der Waals surface area contributed by atoms with Crippen molar-refractivity contribution in [3.05, 3.63) is 29.1 Å². The zero-order chi connectivity index (χ0) is 10.7. The van der Waals surface area contributed by atoms with E-state index in [2.05, 4.69) is 4.98 Å². The summed E-state index contributed by atoms with van der Waals surface area (Å²) in [5, 5.41) is -0.968. The van der Waals surface area contributed by atoms with Crippen molar-refractivity contribution in [1.82, 2.24) is 4.98 Å². The zero-order valence-electron chi connectivity index (χ0n) is 6.81. The molecular weight excluding hydrogens is 235 g/mol. The van der Waals surface area contributed by atoms with Gasteiger partial charge >= 0.3 is 0 Å². The van der Waals surface area contributed by atoms with Crippen molar-refractivity contribution < 1.29 is 13.6 Å². The van der Waals surface area contributed by atoms with Gasteiger partial charge < -0.3 is 0 Å². The molecule has 1 rings (SSSR count). The molecule has 76 valence electrons. The summed E-state index contributed by atoms with van der Waals surface area (Å²) in [6.07, 6.45) is -1.60. The van der Waals surface area contributed by atoms with Gasteiger partial charge in [0.05, 0.1) is 17.1 Å². The summed E-state index contributed by atoms with van der Waals surface area (Å²) in [6, 6.07) is 1.05. The molecule has 0 radical (unpaired) electrons. The van der Waals surface area contributed by atoms with Crippen molar-refractivity contribution in [3.8, 4) is 0 Å². The quantitative estimate of drug-likeness (QED) is 0.600. The van der Waals surface area contributed by atoms with Crippen LogP contribution in [-0.2, 0) is 5.88 Å². The smallest absolute Gasteiger partial charge is 0.264 e. The van der Waals surface area contributed by atoms with Gasteiger partial charge in [0.2, 0.25) is 0 Å². The predicted octanol–water partition coefficient (Wildman–Crippen LogP) is 3.14. The average molecular weight is 240 g/mol. The second kappa shape index (κ2) is 4.66. The number of hydrogen-bond donors (Lipinski definition) is 0. The maximum Gasteiger partial charge on any atom is 0.264 e. The van der Waals surface area contributed by atoms with E-state index in [0.29, 0.717) is 0 Å². The Bertz CT molecular complexity index is 357. The minimum atomic E-state index is -2.77. The van der Waals surface area contributed by atoms with Crippen LogP contribution in [0.1, 0.15) is 28.0 Å². The fourth-order valence-corrected chi connectivity index (χ4v) is 1.45. The van der Waals surface area contributed by atoms with Gasteiger partial charge in [0.1, 0.15) is 0 Å². The molecule has 0 amide bonds. The van der Waals surface area contributed by atoms with Crippen LogP contribution in [-0.4, -0.2) is 10.2 Å². The van der Waals surface area contributed by atoms with Crippen LogP contribution in [0, 0.1) is 0 Å². The maximum absolute atomic E-state index is 12.4. The summed E-state index contributed by atoms with van der Waals surface area (Å²) >= 11 is 10.6. The molecule has 0 aliphatic heterocycles. The lowest BCUT2D eigenvalue weighted by molar-refractivity contribution is 0.106. The molecule has 6 heteroatoms. The lowest BCUT2D eigenvalue weighted by Gasteiger charge is -2.07. The molecule has 1 heterocycles. The highest BCUT2D eigenvalue weighted by Crippen LogP contribution is 2.26. The molecule has 0 saturated heterocycles. The van der Waals surface area contributed by atoms with Gasteiger partial charge in [-0.3, -0.25) is 9.78 Å². The van der Waals surface area contributed by atoms with E-state index in [0.717, 1.165) is 6.07 Å². The van der Waals surface area contributed by atoms with Crippen LogP contribution in [0.25, 0.3) is 0 Å². The van der Waals surface area contributed by atoms with Crippen LogP contribution >= 0.6 is 23.2 Å². The molecule has 0 aliphatic rings. The first-order chi connectivity index (χ1) is 6.57. The molecule has 0 bridgehead atoms. The predicted molar refractivity (Wildman–Crippen MR) is 48.9 cm³/mol. The van der Waals surface area contributed by atoms with Crippen molar-refractivity contribution in [2.24, 2.45) is 0 Å². The number of pyridine rings is 1. The normalized spacial score (nSPS) is 10.6. The molecule has 0 atom stereocenters. The molecule has 14 heavy (non-hydrogen) atoms. The molecule has 1 aromatic rings. The van der Waals surface area contributed by atoms with Gasteiger partial charge in [0.25, 0.3) is 11.7 Å². The number of nitrogens with zero attached hydrogens (tertiary/aromatic N) is 1. The van der Waals surface area contributed by atoms with Gasteiger partial charge in [-0.15, -0.1) is 11.6 Å². The summed E-state index contributed by atoms with van der Waals surface area (Å²) in [6.45, 7) is 0. The first kappa shape index (κ1) is 11.3. The number of alkyl halides is 3. The second-order valence-corrected chi connectivity index (χ2v) is 3.04. The van der Waals surface area contributed by atoms with E-state index in [9.17, 15) is 13.6 Å². The summed E-state index contributed by atoms with van der Waals surface area (Å²) in [5.41, 5.74) is -0.653. The third-order valence-corrected chi connectivity index (χ3v) is 2.06. The van der Waals surface area contributed by atoms with Gasteiger partial charge in [0, 0.05) is 11.8 Å². The van der Waals surface area contributed by atoms with E-state index in [1.807, 2.05) is 0 Å². The lowest BCUT2D eigenvalue weighted by atomic mass is 10.1. The highest BCUT2D eigenvalue weighted by atomic mass is 35.5. The number of rotatable bonds is 3. The standard InChI is InChI=1S/C8H5Cl2F2NO/c9-3-5-6(7(10)14)4(8(11)12)1-2-13-5/h1-2,8H,3H2. The fraction of sp³-hybridized carbons (Fsp3) is 0.250. The molecule has 1 aromatic heterocycles. The van der Waals surface area contributed by atoms with Crippen molar-refractivity contribution in [1.29, 1.82) is 0 Å². The fourth-order valence-electron chi connectivity index (χ4n) is 1.03. The van der Waals surface area contributed by atoms with Crippen LogP contribution in [0.4, 0.5) is 8.78 Å². The second-order valence-electron chi connectivity index (χ2n) is 2.43. The van der Waals surface area contributed by atoms with E-state index in [4.69, 9.17) is 23.2 Å². The minimum absolute atomic E-state index is 0.0736. The van der Waals surface area contributed by atoms with E-state index in [1.54, 1.807) is 0 Å². The lowest BCUT2D eigenvalue weighted by Crippen LogP contribution is -2.04. The van der Waals surface area contributed by atoms with Crippen molar-refractivity contribution in [2.45, 2.75) is 12.3 Å². The van der Waals surface area contributed by atoms with E-state index in [1.165, 1.54) is 6.20 Å². The van der Waals surface area contributed by atoms with Crippen LogP contribution in [0.2, 0.25) is 0 Å². The SMILES string of the molecule is O=C(Cl)c1c(C(F)F)ccnc1CCl. The molecular formula is C8H5Cl2F2NO. The summed E-state index contributed by atoms with van der Waals surface area (Å²) in [7, 11) is 0. The number of carbonyl (C=O) groups is 1. The molecule has 0 spiro atoms. The number of halogens is 4. The molecule has 0 aromatic carbocycles. The van der Waals surface area contributed by atoms with E-state index >= 15 is 0 Å². The number of hydrogen-bond acceptors (Lipinski definition) is 2. The van der Waals surface area contributed by atoms with Crippen molar-refractivity contribution >= 4 is 28.4 Å². The zero-order valence-corrected chi connectivity index (χ0v) is 8.32. The Morgan fingerprint density at radius 3 is 2.64 bits per heavy atom. The Kier molecular flexibility index (Phi) is 3.77. The number of carbonyl (C=O) groups excluding carboxylic acids is 1. The Morgan fingerprint density at radius 1 is 1.57 bits per heavy atom. The van der Waals surface area contributed by atoms with E-state index < -0.39 is 17.2 Å². The third kappa shape index (κ3) is 2.19. The van der Waals surface area contributed by atoms with Crippen LogP contribution in [0.5, 0.6) is 0 Å². The molecule has 0 aliphatic carbocycles. The van der Waals surface area contributed by atoms with Gasteiger partial charge in [-0.25, -0.2) is 8.78 Å². The Morgan fingerprint density at radius 2 is 2.21 bits per heavy atom. The van der Waals surface area contributed by atoms with Crippen molar-refractivity contribution in [2.75, 3.05) is 0 Å². The first-order valence-electron chi connectivity index (χ1n) is 3.59. The van der Waals surface area contributed by atoms with Crippen LogP contribution < -0.4 is 0 Å². The molecule has 0 fully saturated rings.